The molecule has 174 valence electrons. The third kappa shape index (κ3) is 5.92. The number of ether oxygens (including phenoxy) is 1. The molecule has 34 heavy (non-hydrogen) atoms. The smallest absolute Gasteiger partial charge is 0.321 e. The fourth-order valence-corrected chi connectivity index (χ4v) is 4.53. The predicted octanol–water partition coefficient (Wildman–Crippen LogP) is 4.12. The van der Waals surface area contributed by atoms with Crippen LogP contribution in [0.25, 0.3) is 0 Å². The molecule has 3 aromatic rings. The van der Waals surface area contributed by atoms with Crippen LogP contribution in [-0.2, 0) is 9.53 Å². The van der Waals surface area contributed by atoms with Crippen LogP contribution >= 0.6 is 0 Å². The molecule has 1 saturated heterocycles. The second-order valence-corrected chi connectivity index (χ2v) is 8.43. The molecular formula is C29H29NO4. The number of rotatable bonds is 7. The molecule has 5 heteroatoms. The van der Waals surface area contributed by atoms with E-state index < -0.39 is 18.2 Å². The average Bonchev–Trinajstić information content (AvgIpc) is 2.88. The number of nitrogens with zero attached hydrogens (tertiary/aromatic N) is 1. The van der Waals surface area contributed by atoms with Crippen molar-refractivity contribution in [2.75, 3.05) is 13.2 Å². The lowest BCUT2D eigenvalue weighted by atomic mass is 9.87. The number of carboxylic acid groups (broad SMARTS) is 1. The minimum atomic E-state index is -0.982. The molecule has 0 spiro atoms. The summed E-state index contributed by atoms with van der Waals surface area (Å²) in [7, 11) is 0. The Morgan fingerprint density at radius 3 is 2.06 bits per heavy atom. The second-order valence-electron chi connectivity index (χ2n) is 8.43. The lowest BCUT2D eigenvalue weighted by Crippen LogP contribution is -2.55. The summed E-state index contributed by atoms with van der Waals surface area (Å²) in [5.74, 6) is 4.74. The molecule has 1 fully saturated rings. The van der Waals surface area contributed by atoms with Crippen molar-refractivity contribution in [2.24, 2.45) is 0 Å². The summed E-state index contributed by atoms with van der Waals surface area (Å²) in [6.07, 6.45) is -0.272. The van der Waals surface area contributed by atoms with Gasteiger partial charge in [0.2, 0.25) is 0 Å². The zero-order valence-corrected chi connectivity index (χ0v) is 19.0. The Balaban J connectivity index is 1.46. The molecule has 1 aliphatic heterocycles. The Morgan fingerprint density at radius 2 is 1.50 bits per heavy atom. The molecule has 1 aliphatic rings. The lowest BCUT2D eigenvalue weighted by molar-refractivity contribution is -0.156. The van der Waals surface area contributed by atoms with Crippen LogP contribution in [-0.4, -0.2) is 52.6 Å². The quantitative estimate of drug-likeness (QED) is 0.525. The first-order valence-electron chi connectivity index (χ1n) is 11.6. The van der Waals surface area contributed by atoms with Gasteiger partial charge in [0.15, 0.2) is 0 Å². The fraction of sp³-hybridized carbons (Fsp3) is 0.276. The van der Waals surface area contributed by atoms with E-state index in [9.17, 15) is 15.0 Å². The predicted molar refractivity (Wildman–Crippen MR) is 131 cm³/mol. The summed E-state index contributed by atoms with van der Waals surface area (Å²) in [5, 5.41) is 21.5. The highest BCUT2D eigenvalue weighted by atomic mass is 16.5. The molecule has 0 aliphatic carbocycles. The normalized spacial score (nSPS) is 19.2. The molecule has 2 N–H and O–H groups in total. The number of aliphatic hydroxyl groups excluding tert-OH is 1. The Labute approximate surface area is 200 Å². The molecule has 0 aromatic heterocycles. The first-order chi connectivity index (χ1) is 16.6. The number of aliphatic hydroxyl groups is 1. The monoisotopic (exact) mass is 455 g/mol. The third-order valence-corrected chi connectivity index (χ3v) is 6.23. The van der Waals surface area contributed by atoms with Crippen molar-refractivity contribution in [3.8, 4) is 11.8 Å². The second kappa shape index (κ2) is 11.6. The zero-order valence-electron chi connectivity index (χ0n) is 19.0. The van der Waals surface area contributed by atoms with Crippen LogP contribution in [0.4, 0.5) is 0 Å². The highest BCUT2D eigenvalue weighted by molar-refractivity contribution is 5.73. The van der Waals surface area contributed by atoms with E-state index in [1.807, 2.05) is 91.0 Å². The molecule has 0 amide bonds. The topological polar surface area (TPSA) is 70.0 Å². The van der Waals surface area contributed by atoms with Crippen molar-refractivity contribution in [3.63, 3.8) is 0 Å². The van der Waals surface area contributed by atoms with Gasteiger partial charge in [-0.2, -0.15) is 0 Å². The van der Waals surface area contributed by atoms with E-state index in [1.54, 1.807) is 4.90 Å². The molecular weight excluding hydrogens is 426 g/mol. The molecule has 5 nitrogen and oxygen atoms in total. The van der Waals surface area contributed by atoms with E-state index in [2.05, 4.69) is 11.8 Å². The van der Waals surface area contributed by atoms with Crippen LogP contribution in [0.1, 0.15) is 35.4 Å². The van der Waals surface area contributed by atoms with E-state index in [4.69, 9.17) is 4.74 Å². The maximum Gasteiger partial charge on any atom is 0.321 e. The van der Waals surface area contributed by atoms with Gasteiger partial charge in [-0.05, 0) is 36.1 Å². The highest BCUT2D eigenvalue weighted by Crippen LogP contribution is 2.33. The number of hydrogen-bond acceptors (Lipinski definition) is 4. The van der Waals surface area contributed by atoms with Crippen LogP contribution in [0.2, 0.25) is 0 Å². The number of benzene rings is 3. The van der Waals surface area contributed by atoms with Gasteiger partial charge in [-0.15, -0.1) is 0 Å². The first kappa shape index (κ1) is 23.7. The Morgan fingerprint density at radius 1 is 0.941 bits per heavy atom. The summed E-state index contributed by atoms with van der Waals surface area (Å²) in [6.45, 7) is 0.663. The van der Waals surface area contributed by atoms with Crippen molar-refractivity contribution in [3.05, 3.63) is 108 Å². The van der Waals surface area contributed by atoms with Crippen LogP contribution < -0.4 is 0 Å². The molecule has 3 aromatic carbocycles. The van der Waals surface area contributed by atoms with Gasteiger partial charge < -0.3 is 14.9 Å². The van der Waals surface area contributed by atoms with Crippen molar-refractivity contribution < 1.29 is 19.7 Å². The van der Waals surface area contributed by atoms with Gasteiger partial charge in [0.25, 0.3) is 0 Å². The summed E-state index contributed by atoms with van der Waals surface area (Å²) >= 11 is 0. The molecule has 0 saturated carbocycles. The maximum absolute atomic E-state index is 12.2. The number of aliphatic carboxylic acids is 1. The number of hydrogen-bond donors (Lipinski definition) is 2. The molecule has 1 unspecified atom stereocenters. The summed E-state index contributed by atoms with van der Waals surface area (Å²) < 4.78 is 5.90. The van der Waals surface area contributed by atoms with Crippen LogP contribution in [0.15, 0.2) is 91.0 Å². The number of carboxylic acids is 1. The van der Waals surface area contributed by atoms with Crippen molar-refractivity contribution >= 4 is 5.97 Å². The van der Waals surface area contributed by atoms with Crippen molar-refractivity contribution in [1.29, 1.82) is 0 Å². The molecule has 1 heterocycles. The van der Waals surface area contributed by atoms with E-state index >= 15 is 0 Å². The fourth-order valence-electron chi connectivity index (χ4n) is 4.53. The Bertz CT molecular complexity index is 1070. The van der Waals surface area contributed by atoms with E-state index in [-0.39, 0.29) is 18.6 Å². The molecule has 0 radical (unpaired) electrons. The van der Waals surface area contributed by atoms with Crippen molar-refractivity contribution in [2.45, 2.75) is 37.1 Å². The van der Waals surface area contributed by atoms with Gasteiger partial charge in [-0.1, -0.05) is 90.7 Å². The highest BCUT2D eigenvalue weighted by Gasteiger charge is 2.40. The standard InChI is InChI=1S/C29H29NO4/c31-28(27(23-14-6-2-7-15-23)24-16-8-3-9-17-24)30-19-18-25(21-26(30)29(32)33)34-20-10-13-22-11-4-1-5-12-22/h1-9,11-12,14-17,25-28,31H,18-21H2,(H,32,33)/t25-,26+,28?/m1/s1. The first-order valence-corrected chi connectivity index (χ1v) is 11.6. The molecule has 4 rings (SSSR count). The van der Waals surface area contributed by atoms with Gasteiger partial charge in [-0.3, -0.25) is 9.69 Å². The lowest BCUT2D eigenvalue weighted by Gasteiger charge is -2.42. The maximum atomic E-state index is 12.2. The van der Waals surface area contributed by atoms with Gasteiger partial charge in [-0.25, -0.2) is 0 Å². The zero-order chi connectivity index (χ0) is 23.8. The average molecular weight is 456 g/mol. The minimum Gasteiger partial charge on any atom is -0.480 e. The Kier molecular flexibility index (Phi) is 8.11. The van der Waals surface area contributed by atoms with E-state index in [0.29, 0.717) is 19.4 Å². The van der Waals surface area contributed by atoms with Gasteiger partial charge >= 0.3 is 5.97 Å². The SMILES string of the molecule is O=C(O)[C@@H]1C[C@H](OCC#Cc2ccccc2)CCN1C(O)C(c1ccccc1)c1ccccc1. The number of carbonyl (C=O) groups is 1. The molecule has 0 bridgehead atoms. The van der Waals surface area contributed by atoms with Gasteiger partial charge in [0, 0.05) is 18.0 Å². The van der Waals surface area contributed by atoms with E-state index in [0.717, 1.165) is 16.7 Å². The summed E-state index contributed by atoms with van der Waals surface area (Å²) in [4.78, 5) is 13.9. The summed E-state index contributed by atoms with van der Waals surface area (Å²) in [5.41, 5.74) is 2.81. The van der Waals surface area contributed by atoms with E-state index in [1.165, 1.54) is 0 Å². The van der Waals surface area contributed by atoms with Crippen LogP contribution in [0.5, 0.6) is 0 Å². The largest absolute Gasteiger partial charge is 0.480 e. The van der Waals surface area contributed by atoms with Crippen molar-refractivity contribution in [1.82, 2.24) is 4.90 Å². The molecule has 3 atom stereocenters. The number of likely N-dealkylation sites (tertiary alicyclic amines) is 1. The number of piperidine rings is 1. The van der Waals surface area contributed by atoms with Crippen LogP contribution in [0, 0.1) is 11.8 Å². The van der Waals surface area contributed by atoms with Gasteiger partial charge in [0.05, 0.1) is 6.10 Å². The minimum absolute atomic E-state index is 0.221. The Hall–Kier alpha value is -3.43. The summed E-state index contributed by atoms with van der Waals surface area (Å²) in [6, 6.07) is 28.3. The third-order valence-electron chi connectivity index (χ3n) is 6.23. The van der Waals surface area contributed by atoms with Crippen LogP contribution in [0.3, 0.4) is 0 Å². The van der Waals surface area contributed by atoms with Gasteiger partial charge in [0.1, 0.15) is 18.9 Å².